The maximum absolute atomic E-state index is 12.6. The number of hydrogen-bond donors (Lipinski definition) is 1. The zero-order valence-corrected chi connectivity index (χ0v) is 17.9. The molecule has 10 heteroatoms. The van der Waals surface area contributed by atoms with Crippen LogP contribution in [0.25, 0.3) is 0 Å². The molecule has 0 radical (unpaired) electrons. The molecule has 1 aliphatic heterocycles. The van der Waals surface area contributed by atoms with E-state index in [0.29, 0.717) is 31.4 Å². The number of aliphatic imine (C=N–C) groups is 1. The lowest BCUT2D eigenvalue weighted by atomic mass is 9.90. The van der Waals surface area contributed by atoms with Crippen molar-refractivity contribution in [2.24, 2.45) is 10.7 Å². The van der Waals surface area contributed by atoms with Gasteiger partial charge in [0.25, 0.3) is 0 Å². The van der Waals surface area contributed by atoms with Gasteiger partial charge in [-0.3, -0.25) is 19.5 Å². The van der Waals surface area contributed by atoms with Crippen LogP contribution in [0.4, 0.5) is 0 Å². The van der Waals surface area contributed by atoms with Crippen molar-refractivity contribution in [3.63, 3.8) is 0 Å². The Kier molecular flexibility index (Phi) is 6.91. The molecule has 10 nitrogen and oxygen atoms in total. The number of nitrogens with two attached hydrogens (primary N) is 1. The number of ketones is 1. The van der Waals surface area contributed by atoms with E-state index in [2.05, 4.69) is 19.9 Å². The zero-order valence-electron chi connectivity index (χ0n) is 17.9. The summed E-state index contributed by atoms with van der Waals surface area (Å²) in [7, 11) is 1.58. The number of carbonyl (C=O) groups is 2. The largest absolute Gasteiger partial charge is 0.474 e. The highest BCUT2D eigenvalue weighted by atomic mass is 16.5. The van der Waals surface area contributed by atoms with Crippen molar-refractivity contribution < 1.29 is 19.1 Å². The summed E-state index contributed by atoms with van der Waals surface area (Å²) in [6, 6.07) is 3.51. The fraction of sp³-hybridized carbons (Fsp3) is 0.429. The Hall–Kier alpha value is -3.40. The summed E-state index contributed by atoms with van der Waals surface area (Å²) in [4.78, 5) is 43.3. The Balaban J connectivity index is 1.68. The van der Waals surface area contributed by atoms with Crippen LogP contribution in [-0.2, 0) is 21.5 Å². The molecular formula is C21H26N6O4. The van der Waals surface area contributed by atoms with Gasteiger partial charge >= 0.3 is 0 Å². The second-order valence-corrected chi connectivity index (χ2v) is 7.31. The zero-order chi connectivity index (χ0) is 22.4. The van der Waals surface area contributed by atoms with Crippen molar-refractivity contribution in [1.29, 1.82) is 0 Å². The van der Waals surface area contributed by atoms with Crippen LogP contribution in [0.2, 0.25) is 0 Å². The molecule has 2 N–H and O–H groups in total. The number of pyridine rings is 1. The van der Waals surface area contributed by atoms with E-state index in [-0.39, 0.29) is 36.2 Å². The van der Waals surface area contributed by atoms with Gasteiger partial charge in [-0.25, -0.2) is 15.0 Å². The summed E-state index contributed by atoms with van der Waals surface area (Å²) in [6.07, 6.45) is 4.66. The fourth-order valence-corrected chi connectivity index (χ4v) is 3.09. The minimum atomic E-state index is -0.882. The molecule has 31 heavy (non-hydrogen) atoms. The number of amides is 1. The number of aromatic nitrogens is 3. The van der Waals surface area contributed by atoms with Gasteiger partial charge in [0.2, 0.25) is 11.8 Å². The third kappa shape index (κ3) is 5.40. The van der Waals surface area contributed by atoms with E-state index in [1.807, 2.05) is 6.92 Å². The predicted molar refractivity (Wildman–Crippen MR) is 113 cm³/mol. The van der Waals surface area contributed by atoms with E-state index in [4.69, 9.17) is 15.2 Å². The summed E-state index contributed by atoms with van der Waals surface area (Å²) in [5, 5.41) is 0. The van der Waals surface area contributed by atoms with Gasteiger partial charge in [0, 0.05) is 26.3 Å². The minimum Gasteiger partial charge on any atom is -0.474 e. The average Bonchev–Trinajstić information content (AvgIpc) is 2.75. The Bertz CT molecular complexity index is 978. The molecule has 0 aliphatic carbocycles. The van der Waals surface area contributed by atoms with Crippen LogP contribution in [0.3, 0.4) is 0 Å². The van der Waals surface area contributed by atoms with E-state index >= 15 is 0 Å². The van der Waals surface area contributed by atoms with Crippen LogP contribution in [0.1, 0.15) is 42.0 Å². The molecule has 1 aliphatic rings. The first-order valence-corrected chi connectivity index (χ1v) is 9.95. The molecule has 0 bridgehead atoms. The van der Waals surface area contributed by atoms with Crippen molar-refractivity contribution in [3.8, 4) is 5.88 Å². The van der Waals surface area contributed by atoms with E-state index in [1.165, 1.54) is 17.3 Å². The quantitative estimate of drug-likeness (QED) is 0.466. The smallest absolute Gasteiger partial charge is 0.232 e. The van der Waals surface area contributed by atoms with Crippen LogP contribution < -0.4 is 10.5 Å². The number of guanidine groups is 1. The molecule has 3 rings (SSSR count). The first kappa shape index (κ1) is 22.3. The normalized spacial score (nSPS) is 18.6. The van der Waals surface area contributed by atoms with Gasteiger partial charge in [0.05, 0.1) is 31.1 Å². The highest BCUT2D eigenvalue weighted by molar-refractivity contribution is 5.98. The Morgan fingerprint density at radius 2 is 2.06 bits per heavy atom. The summed E-state index contributed by atoms with van der Waals surface area (Å²) in [5.41, 5.74) is 6.53. The first-order valence-electron chi connectivity index (χ1n) is 9.95. The SMILES string of the molecule is CCOCCOc1cnc(C(=O)Cc2ccnc(C3(C)CC(=O)N(C)C(N)=N3)c2)cn1. The van der Waals surface area contributed by atoms with Gasteiger partial charge in [-0.05, 0) is 31.5 Å². The fourth-order valence-electron chi connectivity index (χ4n) is 3.09. The maximum Gasteiger partial charge on any atom is 0.232 e. The van der Waals surface area contributed by atoms with Gasteiger partial charge in [-0.15, -0.1) is 0 Å². The summed E-state index contributed by atoms with van der Waals surface area (Å²) < 4.78 is 10.6. The van der Waals surface area contributed by atoms with E-state index in [1.54, 1.807) is 32.3 Å². The first-order chi connectivity index (χ1) is 14.8. The third-order valence-electron chi connectivity index (χ3n) is 4.91. The van der Waals surface area contributed by atoms with Gasteiger partial charge in [0.15, 0.2) is 11.7 Å². The molecular weight excluding hydrogens is 400 g/mol. The lowest BCUT2D eigenvalue weighted by molar-refractivity contribution is -0.128. The monoisotopic (exact) mass is 426 g/mol. The Morgan fingerprint density at radius 1 is 1.26 bits per heavy atom. The molecule has 2 aromatic heterocycles. The number of ether oxygens (including phenoxy) is 2. The third-order valence-corrected chi connectivity index (χ3v) is 4.91. The molecule has 0 aromatic carbocycles. The molecule has 1 atom stereocenters. The molecule has 0 saturated carbocycles. The van der Waals surface area contributed by atoms with E-state index in [0.717, 1.165) is 5.56 Å². The number of rotatable bonds is 9. The second kappa shape index (κ2) is 9.61. The molecule has 3 heterocycles. The Labute approximate surface area is 180 Å². The van der Waals surface area contributed by atoms with Crippen molar-refractivity contribution in [2.75, 3.05) is 26.9 Å². The highest BCUT2D eigenvalue weighted by Crippen LogP contribution is 2.31. The molecule has 164 valence electrons. The number of Topliss-reactive ketones (excluding diaryl/α,β-unsaturated/α-hetero) is 1. The summed E-state index contributed by atoms with van der Waals surface area (Å²) in [5.74, 6) is 0.133. The van der Waals surface area contributed by atoms with Crippen molar-refractivity contribution >= 4 is 17.6 Å². The van der Waals surface area contributed by atoms with Crippen molar-refractivity contribution in [3.05, 3.63) is 47.7 Å². The van der Waals surface area contributed by atoms with E-state index < -0.39 is 5.54 Å². The molecule has 0 spiro atoms. The number of carbonyl (C=O) groups excluding carboxylic acids is 2. The second-order valence-electron chi connectivity index (χ2n) is 7.31. The molecule has 2 aromatic rings. The van der Waals surface area contributed by atoms with E-state index in [9.17, 15) is 9.59 Å². The molecule has 1 unspecified atom stereocenters. The van der Waals surface area contributed by atoms with Crippen LogP contribution in [0, 0.1) is 0 Å². The van der Waals surface area contributed by atoms with Gasteiger partial charge in [0.1, 0.15) is 17.8 Å². The number of hydrogen-bond acceptors (Lipinski definition) is 9. The lowest BCUT2D eigenvalue weighted by Crippen LogP contribution is -2.47. The van der Waals surface area contributed by atoms with Gasteiger partial charge < -0.3 is 15.2 Å². The minimum absolute atomic E-state index is 0.109. The predicted octanol–water partition coefficient (Wildman–Crippen LogP) is 1.10. The number of nitrogens with zero attached hydrogens (tertiary/aromatic N) is 5. The standard InChI is InChI=1S/C21H26N6O4/c1-4-30-7-8-31-18-13-24-15(12-25-18)16(28)9-14-5-6-23-17(10-14)21(2)11-19(29)27(3)20(22)26-21/h5-6,10,12-13H,4,7-9,11H2,1-3H3,(H2,22,26). The maximum atomic E-state index is 12.6. The van der Waals surface area contributed by atoms with Crippen molar-refractivity contribution in [2.45, 2.75) is 32.2 Å². The van der Waals surface area contributed by atoms with Crippen LogP contribution in [0.15, 0.2) is 35.7 Å². The highest BCUT2D eigenvalue weighted by Gasteiger charge is 2.37. The lowest BCUT2D eigenvalue weighted by Gasteiger charge is -2.32. The molecule has 0 saturated heterocycles. The molecule has 0 fully saturated rings. The molecule has 1 amide bonds. The topological polar surface area (TPSA) is 133 Å². The van der Waals surface area contributed by atoms with Gasteiger partial charge in [-0.2, -0.15) is 0 Å². The average molecular weight is 426 g/mol. The Morgan fingerprint density at radius 3 is 2.74 bits per heavy atom. The van der Waals surface area contributed by atoms with Crippen LogP contribution >= 0.6 is 0 Å². The van der Waals surface area contributed by atoms with Crippen LogP contribution in [-0.4, -0.2) is 64.4 Å². The summed E-state index contributed by atoms with van der Waals surface area (Å²) >= 11 is 0. The van der Waals surface area contributed by atoms with Crippen LogP contribution in [0.5, 0.6) is 5.88 Å². The van der Waals surface area contributed by atoms with Gasteiger partial charge in [-0.1, -0.05) is 0 Å². The summed E-state index contributed by atoms with van der Waals surface area (Å²) in [6.45, 7) is 5.14. The van der Waals surface area contributed by atoms with Crippen molar-refractivity contribution in [1.82, 2.24) is 19.9 Å².